The van der Waals surface area contributed by atoms with Crippen LogP contribution in [0.25, 0.3) is 0 Å². The standard InChI is InChI=1S/C8H14F3NO3S/c1-16(14,15)12-4-2-6(3-5-12)7(13)8(9,10)11/h6-7,13H,2-5H2,1H3. The number of nitrogens with zero attached hydrogens (tertiary/aromatic N) is 1. The number of rotatable bonds is 2. The zero-order valence-corrected chi connectivity index (χ0v) is 9.55. The molecule has 4 nitrogen and oxygen atoms in total. The molecular weight excluding hydrogens is 247 g/mol. The molecule has 0 spiro atoms. The lowest BCUT2D eigenvalue weighted by Crippen LogP contribution is -2.44. The van der Waals surface area contributed by atoms with Crippen LogP contribution in [0.5, 0.6) is 0 Å². The van der Waals surface area contributed by atoms with E-state index in [0.29, 0.717) is 0 Å². The molecule has 96 valence electrons. The van der Waals surface area contributed by atoms with E-state index in [1.807, 2.05) is 0 Å². The van der Waals surface area contributed by atoms with Gasteiger partial charge >= 0.3 is 6.18 Å². The van der Waals surface area contributed by atoms with Crippen molar-refractivity contribution in [3.8, 4) is 0 Å². The van der Waals surface area contributed by atoms with E-state index in [1.54, 1.807) is 0 Å². The summed E-state index contributed by atoms with van der Waals surface area (Å²) in [6.07, 6.45) is -5.89. The number of hydrogen-bond donors (Lipinski definition) is 1. The van der Waals surface area contributed by atoms with Crippen LogP contribution in [0.4, 0.5) is 13.2 Å². The molecule has 1 rings (SSSR count). The second kappa shape index (κ2) is 4.50. The van der Waals surface area contributed by atoms with E-state index < -0.39 is 28.2 Å². The van der Waals surface area contributed by atoms with E-state index >= 15 is 0 Å². The van der Waals surface area contributed by atoms with Gasteiger partial charge in [0, 0.05) is 13.1 Å². The lowest BCUT2D eigenvalue weighted by molar-refractivity contribution is -0.222. The molecule has 0 radical (unpaired) electrons. The first kappa shape index (κ1) is 13.7. The minimum absolute atomic E-state index is 0.0355. The summed E-state index contributed by atoms with van der Waals surface area (Å²) in [6.45, 7) is 0.0767. The van der Waals surface area contributed by atoms with Crippen LogP contribution in [0.1, 0.15) is 12.8 Å². The summed E-state index contributed by atoms with van der Waals surface area (Å²) in [5.74, 6) is -0.905. The SMILES string of the molecule is CS(=O)(=O)N1CCC(C(O)C(F)(F)F)CC1. The summed E-state index contributed by atoms with van der Waals surface area (Å²) in [5.41, 5.74) is 0. The molecule has 0 aromatic carbocycles. The quantitative estimate of drug-likeness (QED) is 0.791. The Hall–Kier alpha value is -0.340. The normalized spacial score (nSPS) is 23.3. The maximum absolute atomic E-state index is 12.2. The minimum Gasteiger partial charge on any atom is -0.383 e. The highest BCUT2D eigenvalue weighted by Crippen LogP contribution is 2.31. The van der Waals surface area contributed by atoms with Crippen molar-refractivity contribution in [3.63, 3.8) is 0 Å². The summed E-state index contributed by atoms with van der Waals surface area (Å²) in [7, 11) is -3.34. The molecule has 1 aliphatic rings. The van der Waals surface area contributed by atoms with E-state index in [4.69, 9.17) is 5.11 Å². The van der Waals surface area contributed by atoms with Crippen LogP contribution in [-0.4, -0.2) is 49.5 Å². The summed E-state index contributed by atoms with van der Waals surface area (Å²) in [5, 5.41) is 9.01. The maximum atomic E-state index is 12.2. The molecule has 1 aliphatic heterocycles. The van der Waals surface area contributed by atoms with Gasteiger partial charge in [0.1, 0.15) is 0 Å². The van der Waals surface area contributed by atoms with Crippen molar-refractivity contribution in [2.45, 2.75) is 25.1 Å². The number of sulfonamides is 1. The second-order valence-electron chi connectivity index (χ2n) is 3.99. The molecule has 0 aromatic rings. The van der Waals surface area contributed by atoms with Gasteiger partial charge in [-0.15, -0.1) is 0 Å². The van der Waals surface area contributed by atoms with Crippen LogP contribution in [0.15, 0.2) is 0 Å². The summed E-state index contributed by atoms with van der Waals surface area (Å²) < 4.78 is 59.9. The molecule has 1 fully saturated rings. The highest BCUT2D eigenvalue weighted by atomic mass is 32.2. The lowest BCUT2D eigenvalue weighted by Gasteiger charge is -2.33. The molecule has 1 N–H and O–H groups in total. The molecule has 0 aliphatic carbocycles. The number of piperidine rings is 1. The van der Waals surface area contributed by atoms with Gasteiger partial charge in [0.15, 0.2) is 6.10 Å². The fourth-order valence-corrected chi connectivity index (χ4v) is 2.66. The highest BCUT2D eigenvalue weighted by molar-refractivity contribution is 7.88. The third kappa shape index (κ3) is 3.33. The number of aliphatic hydroxyl groups excluding tert-OH is 1. The fraction of sp³-hybridized carbons (Fsp3) is 1.00. The molecule has 1 heterocycles. The average molecular weight is 261 g/mol. The predicted octanol–water partition coefficient (Wildman–Crippen LogP) is 0.581. The first-order valence-electron chi connectivity index (χ1n) is 4.82. The smallest absolute Gasteiger partial charge is 0.383 e. The Morgan fingerprint density at radius 3 is 2.06 bits per heavy atom. The predicted molar refractivity (Wildman–Crippen MR) is 51.2 cm³/mol. The zero-order valence-electron chi connectivity index (χ0n) is 8.74. The lowest BCUT2D eigenvalue weighted by atomic mass is 9.92. The Bertz CT molecular complexity index is 333. The van der Waals surface area contributed by atoms with Gasteiger partial charge in [0.05, 0.1) is 6.26 Å². The molecule has 1 saturated heterocycles. The second-order valence-corrected chi connectivity index (χ2v) is 5.97. The van der Waals surface area contributed by atoms with E-state index in [9.17, 15) is 21.6 Å². The third-order valence-electron chi connectivity index (χ3n) is 2.75. The topological polar surface area (TPSA) is 57.6 Å². The molecular formula is C8H14F3NO3S. The van der Waals surface area contributed by atoms with Crippen molar-refractivity contribution in [1.29, 1.82) is 0 Å². The van der Waals surface area contributed by atoms with Gasteiger partial charge < -0.3 is 5.11 Å². The molecule has 0 bridgehead atoms. The maximum Gasteiger partial charge on any atom is 0.414 e. The first-order valence-corrected chi connectivity index (χ1v) is 6.67. The fourth-order valence-electron chi connectivity index (χ4n) is 1.79. The molecule has 8 heteroatoms. The van der Waals surface area contributed by atoms with Crippen LogP contribution in [0.3, 0.4) is 0 Å². The molecule has 1 unspecified atom stereocenters. The molecule has 0 amide bonds. The van der Waals surface area contributed by atoms with E-state index in [-0.39, 0.29) is 25.9 Å². The monoisotopic (exact) mass is 261 g/mol. The average Bonchev–Trinajstić information content (AvgIpc) is 2.14. The van der Waals surface area contributed by atoms with Crippen molar-refractivity contribution in [2.75, 3.05) is 19.3 Å². The van der Waals surface area contributed by atoms with Crippen LogP contribution in [-0.2, 0) is 10.0 Å². The molecule has 16 heavy (non-hydrogen) atoms. The van der Waals surface area contributed by atoms with Crippen LogP contribution in [0.2, 0.25) is 0 Å². The van der Waals surface area contributed by atoms with Gasteiger partial charge in [0.25, 0.3) is 0 Å². The Balaban J connectivity index is 2.56. The van der Waals surface area contributed by atoms with E-state index in [2.05, 4.69) is 0 Å². The van der Waals surface area contributed by atoms with Crippen LogP contribution < -0.4 is 0 Å². The minimum atomic E-state index is -4.63. The Kier molecular flexibility index (Phi) is 3.86. The summed E-state index contributed by atoms with van der Waals surface area (Å²) >= 11 is 0. The first-order chi connectivity index (χ1) is 7.12. The van der Waals surface area contributed by atoms with Gasteiger partial charge in [-0.05, 0) is 18.8 Å². The third-order valence-corrected chi connectivity index (χ3v) is 4.05. The Morgan fingerprint density at radius 1 is 1.31 bits per heavy atom. The Labute approximate surface area is 92.1 Å². The van der Waals surface area contributed by atoms with Gasteiger partial charge in [-0.25, -0.2) is 12.7 Å². The van der Waals surface area contributed by atoms with E-state index in [1.165, 1.54) is 0 Å². The molecule has 0 saturated carbocycles. The number of hydrogen-bond acceptors (Lipinski definition) is 3. The van der Waals surface area contributed by atoms with Gasteiger partial charge in [-0.3, -0.25) is 0 Å². The van der Waals surface area contributed by atoms with Crippen molar-refractivity contribution >= 4 is 10.0 Å². The van der Waals surface area contributed by atoms with Crippen LogP contribution in [0, 0.1) is 5.92 Å². The van der Waals surface area contributed by atoms with Crippen molar-refractivity contribution in [1.82, 2.24) is 4.31 Å². The van der Waals surface area contributed by atoms with Gasteiger partial charge in [-0.2, -0.15) is 13.2 Å². The molecule has 1 atom stereocenters. The largest absolute Gasteiger partial charge is 0.414 e. The Morgan fingerprint density at radius 2 is 1.75 bits per heavy atom. The van der Waals surface area contributed by atoms with Crippen molar-refractivity contribution < 1.29 is 26.7 Å². The molecule has 0 aromatic heterocycles. The van der Waals surface area contributed by atoms with Crippen molar-refractivity contribution in [2.24, 2.45) is 5.92 Å². The zero-order chi connectivity index (χ0) is 12.6. The highest BCUT2D eigenvalue weighted by Gasteiger charge is 2.44. The summed E-state index contributed by atoms with van der Waals surface area (Å²) in [4.78, 5) is 0. The van der Waals surface area contributed by atoms with E-state index in [0.717, 1.165) is 10.6 Å². The van der Waals surface area contributed by atoms with Crippen LogP contribution >= 0.6 is 0 Å². The van der Waals surface area contributed by atoms with Gasteiger partial charge in [-0.1, -0.05) is 0 Å². The number of aliphatic hydroxyl groups is 1. The van der Waals surface area contributed by atoms with Crippen molar-refractivity contribution in [3.05, 3.63) is 0 Å². The number of halogens is 3. The number of alkyl halides is 3. The summed E-state index contributed by atoms with van der Waals surface area (Å²) in [6, 6.07) is 0. The van der Waals surface area contributed by atoms with Gasteiger partial charge in [0.2, 0.25) is 10.0 Å².